The molecular weight excluding hydrogens is 248 g/mol. The van der Waals surface area contributed by atoms with Gasteiger partial charge in [0.25, 0.3) is 0 Å². The Bertz CT molecular complexity index is 513. The molecule has 1 aromatic rings. The van der Waals surface area contributed by atoms with Crippen LogP contribution in [-0.4, -0.2) is 14.5 Å². The van der Waals surface area contributed by atoms with Gasteiger partial charge in [-0.15, -0.1) is 0 Å². The van der Waals surface area contributed by atoms with Crippen molar-refractivity contribution in [1.82, 2.24) is 4.72 Å². The summed E-state index contributed by atoms with van der Waals surface area (Å²) in [6, 6.07) is 6.46. The van der Waals surface area contributed by atoms with E-state index in [1.165, 1.54) is 12.5 Å². The van der Waals surface area contributed by atoms with E-state index in [-0.39, 0.29) is 10.9 Å². The van der Waals surface area contributed by atoms with Gasteiger partial charge in [-0.3, -0.25) is 0 Å². The first-order valence-corrected chi connectivity index (χ1v) is 7.85. The standard InChI is InChI=1S/C13H20N2O2S/c1-10-5-2-3-8-13(10)15-18(16,17)12-7-4-6-11(14)9-12/h4,6-7,9-10,13,15H,2-3,5,8,14H2,1H3/t10-,13+/m0/s1. The van der Waals surface area contributed by atoms with Gasteiger partial charge in [-0.25, -0.2) is 13.1 Å². The number of benzene rings is 1. The monoisotopic (exact) mass is 268 g/mol. The van der Waals surface area contributed by atoms with Crippen LogP contribution in [0.5, 0.6) is 0 Å². The summed E-state index contributed by atoms with van der Waals surface area (Å²) in [4.78, 5) is 0.250. The molecule has 1 fully saturated rings. The van der Waals surface area contributed by atoms with Crippen LogP contribution >= 0.6 is 0 Å². The third-order valence-corrected chi connectivity index (χ3v) is 5.07. The van der Waals surface area contributed by atoms with Gasteiger partial charge in [-0.1, -0.05) is 25.8 Å². The summed E-state index contributed by atoms with van der Waals surface area (Å²) in [5.41, 5.74) is 6.09. The predicted octanol–water partition coefficient (Wildman–Crippen LogP) is 2.13. The minimum Gasteiger partial charge on any atom is -0.399 e. The Morgan fingerprint density at radius 2 is 2.00 bits per heavy atom. The molecule has 5 heteroatoms. The Kier molecular flexibility index (Phi) is 3.92. The van der Waals surface area contributed by atoms with Crippen molar-refractivity contribution in [3.8, 4) is 0 Å². The molecule has 0 amide bonds. The number of nitrogens with one attached hydrogen (secondary N) is 1. The van der Waals surface area contributed by atoms with Crippen molar-refractivity contribution in [1.29, 1.82) is 0 Å². The van der Waals surface area contributed by atoms with Gasteiger partial charge in [-0.05, 0) is 37.0 Å². The Hall–Kier alpha value is -1.07. The van der Waals surface area contributed by atoms with Gasteiger partial charge < -0.3 is 5.73 Å². The largest absolute Gasteiger partial charge is 0.399 e. The fourth-order valence-electron chi connectivity index (χ4n) is 2.44. The quantitative estimate of drug-likeness (QED) is 0.825. The molecule has 2 atom stereocenters. The molecule has 1 aliphatic carbocycles. The zero-order valence-electron chi connectivity index (χ0n) is 10.6. The third-order valence-electron chi connectivity index (χ3n) is 3.59. The minimum atomic E-state index is -3.45. The minimum absolute atomic E-state index is 0.0465. The maximum atomic E-state index is 12.2. The summed E-state index contributed by atoms with van der Waals surface area (Å²) < 4.78 is 27.3. The van der Waals surface area contributed by atoms with Crippen molar-refractivity contribution in [2.75, 3.05) is 5.73 Å². The van der Waals surface area contributed by atoms with E-state index >= 15 is 0 Å². The summed E-state index contributed by atoms with van der Waals surface area (Å²) in [6.45, 7) is 2.10. The van der Waals surface area contributed by atoms with Gasteiger partial charge in [0.15, 0.2) is 0 Å². The molecule has 1 saturated carbocycles. The molecule has 0 radical (unpaired) electrons. The second-order valence-electron chi connectivity index (χ2n) is 5.06. The zero-order valence-corrected chi connectivity index (χ0v) is 11.4. The van der Waals surface area contributed by atoms with Gasteiger partial charge in [0.05, 0.1) is 4.90 Å². The van der Waals surface area contributed by atoms with Crippen molar-refractivity contribution >= 4 is 15.7 Å². The lowest BCUT2D eigenvalue weighted by Crippen LogP contribution is -2.40. The van der Waals surface area contributed by atoms with Crippen molar-refractivity contribution in [2.24, 2.45) is 5.92 Å². The van der Waals surface area contributed by atoms with Crippen LogP contribution in [0.3, 0.4) is 0 Å². The van der Waals surface area contributed by atoms with Gasteiger partial charge in [0.1, 0.15) is 0 Å². The highest BCUT2D eigenvalue weighted by Gasteiger charge is 2.26. The number of anilines is 1. The molecule has 3 N–H and O–H groups in total. The van der Waals surface area contributed by atoms with E-state index in [0.717, 1.165) is 19.3 Å². The van der Waals surface area contributed by atoms with Crippen molar-refractivity contribution < 1.29 is 8.42 Å². The van der Waals surface area contributed by atoms with E-state index in [0.29, 0.717) is 11.6 Å². The van der Waals surface area contributed by atoms with Crippen LogP contribution in [0.2, 0.25) is 0 Å². The highest BCUT2D eigenvalue weighted by atomic mass is 32.2. The van der Waals surface area contributed by atoms with Crippen molar-refractivity contribution in [3.05, 3.63) is 24.3 Å². The molecule has 1 aliphatic rings. The molecule has 0 unspecified atom stereocenters. The zero-order chi connectivity index (χ0) is 13.2. The van der Waals surface area contributed by atoms with Crippen molar-refractivity contribution in [3.63, 3.8) is 0 Å². The van der Waals surface area contributed by atoms with E-state index < -0.39 is 10.0 Å². The molecule has 0 heterocycles. The van der Waals surface area contributed by atoms with E-state index in [1.54, 1.807) is 18.2 Å². The van der Waals surface area contributed by atoms with Gasteiger partial charge in [-0.2, -0.15) is 0 Å². The van der Waals surface area contributed by atoms with E-state index in [9.17, 15) is 8.42 Å². The molecule has 0 saturated heterocycles. The molecule has 0 aromatic heterocycles. The molecular formula is C13H20N2O2S. The molecule has 0 spiro atoms. The fraction of sp³-hybridized carbons (Fsp3) is 0.538. The first-order chi connectivity index (χ1) is 8.49. The molecule has 4 nitrogen and oxygen atoms in total. The second-order valence-corrected chi connectivity index (χ2v) is 6.78. The number of hydrogen-bond donors (Lipinski definition) is 2. The van der Waals surface area contributed by atoms with E-state index in [1.807, 2.05) is 0 Å². The lowest BCUT2D eigenvalue weighted by molar-refractivity contribution is 0.310. The van der Waals surface area contributed by atoms with Crippen LogP contribution in [0.1, 0.15) is 32.6 Å². The normalized spacial score (nSPS) is 24.9. The van der Waals surface area contributed by atoms with Crippen LogP contribution in [0.4, 0.5) is 5.69 Å². The molecule has 1 aromatic carbocycles. The molecule has 0 bridgehead atoms. The van der Waals surface area contributed by atoms with Crippen LogP contribution in [0.15, 0.2) is 29.2 Å². The average Bonchev–Trinajstić information content (AvgIpc) is 2.32. The third kappa shape index (κ3) is 3.03. The van der Waals surface area contributed by atoms with Crippen LogP contribution < -0.4 is 10.5 Å². The van der Waals surface area contributed by atoms with Gasteiger partial charge in [0.2, 0.25) is 10.0 Å². The lowest BCUT2D eigenvalue weighted by Gasteiger charge is -2.29. The van der Waals surface area contributed by atoms with Gasteiger partial charge in [0, 0.05) is 11.7 Å². The summed E-state index contributed by atoms with van der Waals surface area (Å²) >= 11 is 0. The number of nitrogens with two attached hydrogens (primary N) is 1. The van der Waals surface area contributed by atoms with Crippen LogP contribution in [0, 0.1) is 5.92 Å². The van der Waals surface area contributed by atoms with Gasteiger partial charge >= 0.3 is 0 Å². The summed E-state index contributed by atoms with van der Waals surface area (Å²) in [5, 5.41) is 0. The number of hydrogen-bond acceptors (Lipinski definition) is 3. The highest BCUT2D eigenvalue weighted by Crippen LogP contribution is 2.25. The second kappa shape index (κ2) is 5.28. The Morgan fingerprint density at radius 3 is 2.67 bits per heavy atom. The van der Waals surface area contributed by atoms with E-state index in [4.69, 9.17) is 5.73 Å². The van der Waals surface area contributed by atoms with E-state index in [2.05, 4.69) is 11.6 Å². The van der Waals surface area contributed by atoms with Crippen LogP contribution in [0.25, 0.3) is 0 Å². The highest BCUT2D eigenvalue weighted by molar-refractivity contribution is 7.89. The maximum Gasteiger partial charge on any atom is 0.240 e. The lowest BCUT2D eigenvalue weighted by atomic mass is 9.87. The fourth-order valence-corrected chi connectivity index (χ4v) is 3.87. The summed E-state index contributed by atoms with van der Waals surface area (Å²) in [6.07, 6.45) is 4.29. The first-order valence-electron chi connectivity index (χ1n) is 6.37. The molecule has 0 aliphatic heterocycles. The SMILES string of the molecule is C[C@H]1CCCC[C@H]1NS(=O)(=O)c1cccc(N)c1. The first kappa shape index (κ1) is 13.4. The topological polar surface area (TPSA) is 72.2 Å². The molecule has 100 valence electrons. The number of nitrogen functional groups attached to an aromatic ring is 1. The number of sulfonamides is 1. The average molecular weight is 268 g/mol. The summed E-state index contributed by atoms with van der Waals surface area (Å²) in [7, 11) is -3.45. The maximum absolute atomic E-state index is 12.2. The molecule has 18 heavy (non-hydrogen) atoms. The molecule has 2 rings (SSSR count). The Labute approximate surface area is 109 Å². The predicted molar refractivity (Wildman–Crippen MR) is 72.6 cm³/mol. The Balaban J connectivity index is 2.16. The summed E-state index contributed by atoms with van der Waals surface area (Å²) in [5.74, 6) is 0.398. The van der Waals surface area contributed by atoms with Crippen LogP contribution in [-0.2, 0) is 10.0 Å². The van der Waals surface area contributed by atoms with Crippen molar-refractivity contribution in [2.45, 2.75) is 43.5 Å². The smallest absolute Gasteiger partial charge is 0.240 e. The Morgan fingerprint density at radius 1 is 1.28 bits per heavy atom. The number of rotatable bonds is 3.